The van der Waals surface area contributed by atoms with Crippen LogP contribution >= 0.6 is 11.6 Å². The Labute approximate surface area is 149 Å². The summed E-state index contributed by atoms with van der Waals surface area (Å²) < 4.78 is 0. The molecule has 6 heteroatoms. The summed E-state index contributed by atoms with van der Waals surface area (Å²) >= 11 is 5.88. The fourth-order valence-corrected chi connectivity index (χ4v) is 3.07. The minimum absolute atomic E-state index is 0.0759. The van der Waals surface area contributed by atoms with Gasteiger partial charge in [0.1, 0.15) is 0 Å². The van der Waals surface area contributed by atoms with Crippen molar-refractivity contribution in [2.24, 2.45) is 0 Å². The summed E-state index contributed by atoms with van der Waals surface area (Å²) in [6.45, 7) is 8.01. The van der Waals surface area contributed by atoms with E-state index in [0.29, 0.717) is 50.7 Å². The van der Waals surface area contributed by atoms with E-state index < -0.39 is 0 Å². The van der Waals surface area contributed by atoms with Crippen LogP contribution in [0.3, 0.4) is 0 Å². The lowest BCUT2D eigenvalue weighted by Crippen LogP contribution is -2.45. The van der Waals surface area contributed by atoms with Crippen LogP contribution in [0.4, 0.5) is 4.79 Å². The fourth-order valence-electron chi connectivity index (χ4n) is 2.94. The first-order chi connectivity index (χ1) is 11.5. The predicted octanol–water partition coefficient (Wildman–Crippen LogP) is 2.88. The Morgan fingerprint density at radius 1 is 1.00 bits per heavy atom. The molecule has 1 aliphatic rings. The van der Waals surface area contributed by atoms with Crippen molar-refractivity contribution in [1.82, 2.24) is 14.7 Å². The summed E-state index contributed by atoms with van der Waals surface area (Å²) in [5.74, 6) is 0.106. The van der Waals surface area contributed by atoms with Crippen LogP contribution in [0.1, 0.15) is 25.8 Å². The van der Waals surface area contributed by atoms with Gasteiger partial charge >= 0.3 is 6.03 Å². The molecule has 1 aromatic carbocycles. The number of nitrogens with zero attached hydrogens (tertiary/aromatic N) is 3. The number of carbonyl (C=O) groups excluding carboxylic acids is 2. The molecule has 1 heterocycles. The first kappa shape index (κ1) is 18.6. The highest BCUT2D eigenvalue weighted by molar-refractivity contribution is 6.30. The molecule has 1 fully saturated rings. The highest BCUT2D eigenvalue weighted by Gasteiger charge is 2.24. The molecule has 0 atom stereocenters. The molecule has 0 spiro atoms. The molecule has 1 saturated heterocycles. The number of hydrogen-bond donors (Lipinski definition) is 0. The second-order valence-corrected chi connectivity index (χ2v) is 6.42. The van der Waals surface area contributed by atoms with Gasteiger partial charge in [-0.1, -0.05) is 23.7 Å². The highest BCUT2D eigenvalue weighted by atomic mass is 35.5. The Morgan fingerprint density at radius 2 is 1.58 bits per heavy atom. The summed E-state index contributed by atoms with van der Waals surface area (Å²) in [6.07, 6.45) is 1.19. The van der Waals surface area contributed by atoms with Gasteiger partial charge < -0.3 is 14.7 Å². The second kappa shape index (κ2) is 8.92. The van der Waals surface area contributed by atoms with Crippen molar-refractivity contribution in [1.29, 1.82) is 0 Å². The number of benzene rings is 1. The Kier molecular flexibility index (Phi) is 6.91. The molecule has 1 aliphatic heterocycles. The Morgan fingerprint density at radius 3 is 2.21 bits per heavy atom. The van der Waals surface area contributed by atoms with Crippen LogP contribution in [0.25, 0.3) is 0 Å². The first-order valence-electron chi connectivity index (χ1n) is 8.61. The number of halogens is 1. The van der Waals surface area contributed by atoms with Crippen molar-refractivity contribution in [2.75, 3.05) is 39.3 Å². The van der Waals surface area contributed by atoms with Crippen molar-refractivity contribution in [3.05, 3.63) is 34.9 Å². The van der Waals surface area contributed by atoms with Crippen molar-refractivity contribution >= 4 is 23.5 Å². The molecule has 0 aliphatic carbocycles. The van der Waals surface area contributed by atoms with E-state index in [1.165, 1.54) is 0 Å². The first-order valence-corrected chi connectivity index (χ1v) is 8.99. The maximum absolute atomic E-state index is 12.5. The van der Waals surface area contributed by atoms with E-state index >= 15 is 0 Å². The van der Waals surface area contributed by atoms with Crippen LogP contribution < -0.4 is 0 Å². The molecular formula is C18H26ClN3O2. The van der Waals surface area contributed by atoms with Gasteiger partial charge in [-0.3, -0.25) is 4.79 Å². The average Bonchev–Trinajstić information content (AvgIpc) is 2.84. The molecule has 132 valence electrons. The zero-order valence-corrected chi connectivity index (χ0v) is 15.3. The summed E-state index contributed by atoms with van der Waals surface area (Å²) in [6, 6.07) is 7.45. The third-order valence-corrected chi connectivity index (χ3v) is 4.67. The maximum Gasteiger partial charge on any atom is 0.320 e. The zero-order valence-electron chi connectivity index (χ0n) is 14.5. The molecule has 0 aromatic heterocycles. The van der Waals surface area contributed by atoms with Gasteiger partial charge in [-0.25, -0.2) is 4.79 Å². The molecule has 0 saturated carbocycles. The molecule has 1 aromatic rings. The normalized spacial score (nSPS) is 15.1. The minimum Gasteiger partial charge on any atom is -0.341 e. The molecule has 3 amide bonds. The second-order valence-electron chi connectivity index (χ2n) is 5.98. The molecule has 5 nitrogen and oxygen atoms in total. The summed E-state index contributed by atoms with van der Waals surface area (Å²) in [5, 5.41) is 0.673. The van der Waals surface area contributed by atoms with E-state index in [4.69, 9.17) is 11.6 Å². The SMILES string of the molecule is CCN(CC)C(=O)N1CCCN(C(=O)Cc2ccc(Cl)cc2)CC1. The van der Waals surface area contributed by atoms with Gasteiger partial charge in [0.25, 0.3) is 0 Å². The number of amides is 3. The summed E-state index contributed by atoms with van der Waals surface area (Å²) in [7, 11) is 0. The van der Waals surface area contributed by atoms with Crippen molar-refractivity contribution in [2.45, 2.75) is 26.7 Å². The molecule has 24 heavy (non-hydrogen) atoms. The summed E-state index contributed by atoms with van der Waals surface area (Å²) in [4.78, 5) is 30.5. The maximum atomic E-state index is 12.5. The minimum atomic E-state index is 0.0759. The van der Waals surface area contributed by atoms with Gasteiger partial charge in [0.15, 0.2) is 0 Å². The molecule has 0 unspecified atom stereocenters. The van der Waals surface area contributed by atoms with E-state index in [2.05, 4.69) is 0 Å². The largest absolute Gasteiger partial charge is 0.341 e. The van der Waals surface area contributed by atoms with E-state index in [9.17, 15) is 9.59 Å². The Hall–Kier alpha value is -1.75. The van der Waals surface area contributed by atoms with E-state index in [1.54, 1.807) is 12.1 Å². The van der Waals surface area contributed by atoms with Gasteiger partial charge in [-0.15, -0.1) is 0 Å². The quantitative estimate of drug-likeness (QED) is 0.837. The van der Waals surface area contributed by atoms with Gasteiger partial charge in [-0.05, 0) is 38.0 Å². The molecule has 0 radical (unpaired) electrons. The lowest BCUT2D eigenvalue weighted by molar-refractivity contribution is -0.130. The van der Waals surface area contributed by atoms with E-state index in [1.807, 2.05) is 40.7 Å². The van der Waals surface area contributed by atoms with Crippen LogP contribution in [-0.2, 0) is 11.2 Å². The molecule has 0 bridgehead atoms. The highest BCUT2D eigenvalue weighted by Crippen LogP contribution is 2.12. The molecule has 0 N–H and O–H groups in total. The van der Waals surface area contributed by atoms with Crippen LogP contribution in [0.2, 0.25) is 5.02 Å². The van der Waals surface area contributed by atoms with E-state index in [0.717, 1.165) is 12.0 Å². The van der Waals surface area contributed by atoms with Crippen LogP contribution in [0.15, 0.2) is 24.3 Å². The van der Waals surface area contributed by atoms with Gasteiger partial charge in [0.2, 0.25) is 5.91 Å². The fraction of sp³-hybridized carbons (Fsp3) is 0.556. The summed E-state index contributed by atoms with van der Waals surface area (Å²) in [5.41, 5.74) is 0.963. The standard InChI is InChI=1S/C18H26ClN3O2/c1-3-20(4-2)18(24)22-11-5-10-21(12-13-22)17(23)14-15-6-8-16(19)9-7-15/h6-9H,3-5,10-14H2,1-2H3. The number of rotatable bonds is 4. The number of hydrogen-bond acceptors (Lipinski definition) is 2. The topological polar surface area (TPSA) is 43.9 Å². The van der Waals surface area contributed by atoms with Crippen LogP contribution in [-0.4, -0.2) is 65.9 Å². The predicted molar refractivity (Wildman–Crippen MR) is 96.2 cm³/mol. The monoisotopic (exact) mass is 351 g/mol. The third kappa shape index (κ3) is 4.87. The number of carbonyl (C=O) groups is 2. The van der Waals surface area contributed by atoms with Crippen molar-refractivity contribution in [3.8, 4) is 0 Å². The van der Waals surface area contributed by atoms with Crippen LogP contribution in [0, 0.1) is 0 Å². The lowest BCUT2D eigenvalue weighted by atomic mass is 10.1. The average molecular weight is 352 g/mol. The Bertz CT molecular complexity index is 558. The lowest BCUT2D eigenvalue weighted by Gasteiger charge is -2.28. The van der Waals surface area contributed by atoms with E-state index in [-0.39, 0.29) is 11.9 Å². The Balaban J connectivity index is 1.91. The zero-order chi connectivity index (χ0) is 17.5. The van der Waals surface area contributed by atoms with Crippen LogP contribution in [0.5, 0.6) is 0 Å². The van der Waals surface area contributed by atoms with Crippen molar-refractivity contribution < 1.29 is 9.59 Å². The third-order valence-electron chi connectivity index (χ3n) is 4.42. The number of urea groups is 1. The molecule has 2 rings (SSSR count). The van der Waals surface area contributed by atoms with Gasteiger partial charge in [-0.2, -0.15) is 0 Å². The smallest absolute Gasteiger partial charge is 0.320 e. The van der Waals surface area contributed by atoms with Gasteiger partial charge in [0, 0.05) is 44.3 Å². The molecular weight excluding hydrogens is 326 g/mol. The van der Waals surface area contributed by atoms with Gasteiger partial charge in [0.05, 0.1) is 6.42 Å². The van der Waals surface area contributed by atoms with Crippen molar-refractivity contribution in [3.63, 3.8) is 0 Å².